The lowest BCUT2D eigenvalue weighted by molar-refractivity contribution is 0.521. The largest absolute Gasteiger partial charge is 0.431 e. The fourth-order valence-electron chi connectivity index (χ4n) is 1.80. The van der Waals surface area contributed by atoms with Gasteiger partial charge in [0.1, 0.15) is 0 Å². The quantitative estimate of drug-likeness (QED) is 0.630. The van der Waals surface area contributed by atoms with Crippen LogP contribution in [0, 0.1) is 0 Å². The Labute approximate surface area is 125 Å². The third-order valence-corrected chi connectivity index (χ3v) is 3.65. The highest BCUT2D eigenvalue weighted by molar-refractivity contribution is 7.98. The Hall–Kier alpha value is -1.79. The number of hydrazone groups is 1. The fourth-order valence-corrected chi connectivity index (χ4v) is 2.35. The molecule has 0 aliphatic carbocycles. The van der Waals surface area contributed by atoms with Crippen molar-refractivity contribution < 1.29 is 4.74 Å². The lowest BCUT2D eigenvalue weighted by Gasteiger charge is -2.23. The molecular weight excluding hydrogens is 296 g/mol. The van der Waals surface area contributed by atoms with Gasteiger partial charge in [0.05, 0.1) is 16.8 Å². The molecule has 0 N–H and O–H groups in total. The molecule has 20 heavy (non-hydrogen) atoms. The number of ether oxygens (including phenoxy) is 1. The summed E-state index contributed by atoms with van der Waals surface area (Å²) in [5.41, 5.74) is 0.737. The van der Waals surface area contributed by atoms with E-state index in [0.29, 0.717) is 27.6 Å². The van der Waals surface area contributed by atoms with Crippen LogP contribution in [0.2, 0.25) is 5.02 Å². The average molecular weight is 307 g/mol. The van der Waals surface area contributed by atoms with Gasteiger partial charge in [0.15, 0.2) is 16.7 Å². The topological polar surface area (TPSA) is 50.6 Å². The Morgan fingerprint density at radius 3 is 2.85 bits per heavy atom. The predicted octanol–water partition coefficient (Wildman–Crippen LogP) is 3.04. The summed E-state index contributed by atoms with van der Waals surface area (Å²) in [6, 6.07) is 7.40. The van der Waals surface area contributed by atoms with Crippen molar-refractivity contribution in [2.45, 2.75) is 5.16 Å². The van der Waals surface area contributed by atoms with Crippen molar-refractivity contribution >= 4 is 35.1 Å². The molecule has 0 bridgehead atoms. The third kappa shape index (κ3) is 2.32. The Morgan fingerprint density at radius 2 is 2.10 bits per heavy atom. The van der Waals surface area contributed by atoms with Crippen molar-refractivity contribution in [2.75, 3.05) is 18.3 Å². The second kappa shape index (κ2) is 5.30. The Bertz CT molecular complexity index is 692. The minimum atomic E-state index is 0.436. The number of thioether (sulfide) groups is 1. The molecule has 0 unspecified atom stereocenters. The molecule has 5 nitrogen and oxygen atoms in total. The van der Waals surface area contributed by atoms with E-state index in [1.165, 1.54) is 11.8 Å². The van der Waals surface area contributed by atoms with E-state index in [2.05, 4.69) is 15.1 Å². The standard InChI is InChI=1S/C13H11ClN4OS/c1-18-11-10(7-15-13(16-11)20-2)19-12(17-18)8-5-3-4-6-9(8)14/h3-7H,1-2H3. The molecule has 3 rings (SSSR count). The van der Waals surface area contributed by atoms with Crippen LogP contribution in [0.1, 0.15) is 5.56 Å². The number of aromatic nitrogens is 2. The van der Waals surface area contributed by atoms with Crippen LogP contribution < -0.4 is 9.75 Å². The number of hydrogen-bond donors (Lipinski definition) is 0. The fraction of sp³-hybridized carbons (Fsp3) is 0.154. The van der Waals surface area contributed by atoms with E-state index in [-0.39, 0.29) is 0 Å². The summed E-state index contributed by atoms with van der Waals surface area (Å²) in [6.07, 6.45) is 3.57. The number of halogens is 1. The summed E-state index contributed by atoms with van der Waals surface area (Å²) < 4.78 is 5.76. The third-order valence-electron chi connectivity index (χ3n) is 2.75. The SMILES string of the molecule is CSc1ncc2c(n1)N(C)N=C(c1ccccc1Cl)O2. The van der Waals surface area contributed by atoms with Gasteiger partial charge in [0.25, 0.3) is 0 Å². The number of anilines is 1. The molecule has 0 spiro atoms. The number of rotatable bonds is 2. The van der Waals surface area contributed by atoms with Crippen molar-refractivity contribution in [3.05, 3.63) is 41.0 Å². The van der Waals surface area contributed by atoms with Crippen LogP contribution in [0.4, 0.5) is 5.82 Å². The predicted molar refractivity (Wildman–Crippen MR) is 80.8 cm³/mol. The molecule has 7 heteroatoms. The minimum Gasteiger partial charge on any atom is -0.431 e. The molecule has 0 saturated heterocycles. The Balaban J connectivity index is 2.02. The maximum Gasteiger partial charge on any atom is 0.245 e. The van der Waals surface area contributed by atoms with E-state index in [4.69, 9.17) is 16.3 Å². The van der Waals surface area contributed by atoms with Gasteiger partial charge in [-0.3, -0.25) is 0 Å². The van der Waals surface area contributed by atoms with Crippen LogP contribution in [-0.2, 0) is 0 Å². The first-order valence-corrected chi connectivity index (χ1v) is 7.45. The highest BCUT2D eigenvalue weighted by Crippen LogP contribution is 2.31. The van der Waals surface area contributed by atoms with E-state index < -0.39 is 0 Å². The summed E-state index contributed by atoms with van der Waals surface area (Å²) in [6.45, 7) is 0. The zero-order chi connectivity index (χ0) is 14.1. The van der Waals surface area contributed by atoms with E-state index >= 15 is 0 Å². The Morgan fingerprint density at radius 1 is 1.30 bits per heavy atom. The summed E-state index contributed by atoms with van der Waals surface area (Å²) in [4.78, 5) is 8.58. The van der Waals surface area contributed by atoms with Crippen molar-refractivity contribution in [1.29, 1.82) is 0 Å². The van der Waals surface area contributed by atoms with Gasteiger partial charge in [0.2, 0.25) is 5.90 Å². The van der Waals surface area contributed by atoms with Gasteiger partial charge >= 0.3 is 0 Å². The van der Waals surface area contributed by atoms with E-state index in [9.17, 15) is 0 Å². The molecule has 0 amide bonds. The smallest absolute Gasteiger partial charge is 0.245 e. The van der Waals surface area contributed by atoms with E-state index in [1.807, 2.05) is 31.5 Å². The molecule has 1 aromatic carbocycles. The average Bonchev–Trinajstić information content (AvgIpc) is 2.47. The van der Waals surface area contributed by atoms with Crippen molar-refractivity contribution in [1.82, 2.24) is 9.97 Å². The Kier molecular flexibility index (Phi) is 3.50. The van der Waals surface area contributed by atoms with Crippen molar-refractivity contribution in [2.24, 2.45) is 5.10 Å². The first-order valence-electron chi connectivity index (χ1n) is 5.85. The maximum absolute atomic E-state index is 6.17. The minimum absolute atomic E-state index is 0.436. The van der Waals surface area contributed by atoms with Gasteiger partial charge in [-0.2, -0.15) is 4.98 Å². The molecule has 0 atom stereocenters. The summed E-state index contributed by atoms with van der Waals surface area (Å²) in [5, 5.41) is 7.30. The van der Waals surface area contributed by atoms with Gasteiger partial charge in [0, 0.05) is 7.05 Å². The van der Waals surface area contributed by atoms with E-state index in [0.717, 1.165) is 5.56 Å². The van der Waals surface area contributed by atoms with Crippen LogP contribution in [0.15, 0.2) is 40.7 Å². The van der Waals surface area contributed by atoms with Crippen LogP contribution in [0.5, 0.6) is 5.75 Å². The molecule has 0 radical (unpaired) electrons. The van der Waals surface area contributed by atoms with Gasteiger partial charge in [-0.25, -0.2) is 9.99 Å². The molecule has 2 aromatic rings. The molecule has 1 aliphatic heterocycles. The zero-order valence-electron chi connectivity index (χ0n) is 10.9. The number of hydrogen-bond acceptors (Lipinski definition) is 6. The molecule has 0 saturated carbocycles. The van der Waals surface area contributed by atoms with Gasteiger partial charge in [-0.1, -0.05) is 35.5 Å². The second-order valence-corrected chi connectivity index (χ2v) is 5.24. The van der Waals surface area contributed by atoms with Gasteiger partial charge in [-0.05, 0) is 18.4 Å². The number of benzene rings is 1. The molecule has 1 aromatic heterocycles. The first kappa shape index (κ1) is 13.2. The van der Waals surface area contributed by atoms with Crippen LogP contribution in [0.25, 0.3) is 0 Å². The van der Waals surface area contributed by atoms with Crippen LogP contribution in [0.3, 0.4) is 0 Å². The second-order valence-electron chi connectivity index (χ2n) is 4.06. The van der Waals surface area contributed by atoms with Crippen molar-refractivity contribution in [3.63, 3.8) is 0 Å². The van der Waals surface area contributed by atoms with Crippen LogP contribution in [-0.4, -0.2) is 29.2 Å². The monoisotopic (exact) mass is 306 g/mol. The number of nitrogens with zero attached hydrogens (tertiary/aromatic N) is 4. The highest BCUT2D eigenvalue weighted by atomic mass is 35.5. The highest BCUT2D eigenvalue weighted by Gasteiger charge is 2.23. The molecular formula is C13H11ClN4OS. The van der Waals surface area contributed by atoms with Crippen molar-refractivity contribution in [3.8, 4) is 5.75 Å². The molecule has 0 fully saturated rings. The van der Waals surface area contributed by atoms with E-state index in [1.54, 1.807) is 17.3 Å². The van der Waals surface area contributed by atoms with Crippen LogP contribution >= 0.6 is 23.4 Å². The lowest BCUT2D eigenvalue weighted by atomic mass is 10.2. The summed E-state index contributed by atoms with van der Waals surface area (Å²) in [7, 11) is 1.81. The normalized spacial score (nSPS) is 13.6. The molecule has 1 aliphatic rings. The summed E-state index contributed by atoms with van der Waals surface area (Å²) in [5.74, 6) is 1.64. The lowest BCUT2D eigenvalue weighted by Crippen LogP contribution is -2.25. The zero-order valence-corrected chi connectivity index (χ0v) is 12.4. The molecule has 2 heterocycles. The molecule has 102 valence electrons. The number of fused-ring (bicyclic) bond motifs is 1. The maximum atomic E-state index is 6.17. The summed E-state index contributed by atoms with van der Waals surface area (Å²) >= 11 is 7.64. The first-order chi connectivity index (χ1) is 9.69. The van der Waals surface area contributed by atoms with Gasteiger partial charge < -0.3 is 4.74 Å². The van der Waals surface area contributed by atoms with Gasteiger partial charge in [-0.15, -0.1) is 5.10 Å².